The number of hydrogen-bond donors (Lipinski definition) is 1. The highest BCUT2D eigenvalue weighted by molar-refractivity contribution is 7.89. The summed E-state index contributed by atoms with van der Waals surface area (Å²) in [4.78, 5) is 15.0. The van der Waals surface area contributed by atoms with Gasteiger partial charge in [0.1, 0.15) is 5.75 Å². The Morgan fingerprint density at radius 1 is 1.11 bits per heavy atom. The van der Waals surface area contributed by atoms with Crippen LogP contribution < -0.4 is 9.46 Å². The van der Waals surface area contributed by atoms with Gasteiger partial charge in [-0.25, -0.2) is 13.1 Å². The molecular weight excluding hydrogens is 376 g/mol. The van der Waals surface area contributed by atoms with E-state index in [1.54, 1.807) is 42.5 Å². The number of hydrogen-bond acceptors (Lipinski definition) is 4. The number of nitrogens with one attached hydrogen (secondary N) is 1. The molecular formula is C21H24N2O4S. The van der Waals surface area contributed by atoms with Gasteiger partial charge in [0.05, 0.1) is 11.5 Å². The monoisotopic (exact) mass is 400 g/mol. The van der Waals surface area contributed by atoms with Crippen LogP contribution in [0.3, 0.4) is 0 Å². The van der Waals surface area contributed by atoms with Crippen LogP contribution in [0.15, 0.2) is 59.5 Å². The maximum atomic E-state index is 12.9. The summed E-state index contributed by atoms with van der Waals surface area (Å²) >= 11 is 0. The molecule has 2 aromatic carbocycles. The van der Waals surface area contributed by atoms with Crippen LogP contribution in [0.2, 0.25) is 0 Å². The molecule has 2 fully saturated rings. The van der Waals surface area contributed by atoms with E-state index in [2.05, 4.69) is 4.72 Å². The zero-order valence-electron chi connectivity index (χ0n) is 15.7. The van der Waals surface area contributed by atoms with Crippen LogP contribution >= 0.6 is 0 Å². The lowest BCUT2D eigenvalue weighted by atomic mass is 10.0. The second-order valence-corrected chi connectivity index (χ2v) is 9.06. The summed E-state index contributed by atoms with van der Waals surface area (Å²) in [7, 11) is -3.53. The molecule has 0 spiro atoms. The number of nitrogens with zero attached hydrogens (tertiary/aromatic N) is 1. The van der Waals surface area contributed by atoms with Gasteiger partial charge in [0.2, 0.25) is 10.0 Å². The van der Waals surface area contributed by atoms with Crippen molar-refractivity contribution in [1.82, 2.24) is 9.62 Å². The molecule has 1 aliphatic carbocycles. The van der Waals surface area contributed by atoms with Crippen LogP contribution in [0.1, 0.15) is 30.1 Å². The van der Waals surface area contributed by atoms with Crippen molar-refractivity contribution < 1.29 is 17.9 Å². The van der Waals surface area contributed by atoms with Crippen LogP contribution in [0, 0.1) is 5.92 Å². The van der Waals surface area contributed by atoms with Gasteiger partial charge in [-0.1, -0.05) is 18.2 Å². The Morgan fingerprint density at radius 3 is 2.43 bits per heavy atom. The molecule has 4 rings (SSSR count). The third kappa shape index (κ3) is 3.64. The van der Waals surface area contributed by atoms with Crippen molar-refractivity contribution in [3.63, 3.8) is 0 Å². The minimum atomic E-state index is -3.53. The molecule has 1 saturated heterocycles. The Bertz CT molecular complexity index is 944. The Balaban J connectivity index is 1.40. The predicted molar refractivity (Wildman–Crippen MR) is 106 cm³/mol. The van der Waals surface area contributed by atoms with E-state index < -0.39 is 10.0 Å². The molecule has 0 unspecified atom stereocenters. The average molecular weight is 401 g/mol. The molecule has 7 heteroatoms. The van der Waals surface area contributed by atoms with Crippen molar-refractivity contribution in [3.05, 3.63) is 60.2 Å². The van der Waals surface area contributed by atoms with Gasteiger partial charge in [0.25, 0.3) is 5.91 Å². The molecule has 28 heavy (non-hydrogen) atoms. The number of ether oxygens (including phenoxy) is 1. The molecule has 2 aliphatic rings. The third-order valence-electron chi connectivity index (χ3n) is 5.58. The fraction of sp³-hybridized carbons (Fsp3) is 0.381. The van der Waals surface area contributed by atoms with Gasteiger partial charge in [0.15, 0.2) is 0 Å². The number of carbonyl (C=O) groups excluding carboxylic acids is 1. The van der Waals surface area contributed by atoms with E-state index in [-0.39, 0.29) is 28.8 Å². The van der Waals surface area contributed by atoms with Gasteiger partial charge in [-0.15, -0.1) is 0 Å². The lowest BCUT2D eigenvalue weighted by molar-refractivity contribution is 0.0691. The summed E-state index contributed by atoms with van der Waals surface area (Å²) in [6.07, 6.45) is 1.49. The summed E-state index contributed by atoms with van der Waals surface area (Å²) in [5.41, 5.74) is 0.636. The van der Waals surface area contributed by atoms with Gasteiger partial charge < -0.3 is 9.64 Å². The summed E-state index contributed by atoms with van der Waals surface area (Å²) in [5, 5.41) is 0. The van der Waals surface area contributed by atoms with E-state index in [1.807, 2.05) is 24.0 Å². The maximum absolute atomic E-state index is 12.9. The third-order valence-corrected chi connectivity index (χ3v) is 7.08. The normalized spacial score (nSPS) is 23.8. The minimum Gasteiger partial charge on any atom is -0.494 e. The number of rotatable bonds is 6. The van der Waals surface area contributed by atoms with E-state index in [0.717, 1.165) is 12.2 Å². The zero-order valence-corrected chi connectivity index (χ0v) is 16.6. The number of carbonyl (C=O) groups is 1. The Kier molecular flexibility index (Phi) is 5.12. The average Bonchev–Trinajstić information content (AvgIpc) is 3.29. The Hall–Kier alpha value is -2.38. The molecule has 0 radical (unpaired) electrons. The van der Waals surface area contributed by atoms with Gasteiger partial charge in [0, 0.05) is 24.2 Å². The van der Waals surface area contributed by atoms with Gasteiger partial charge in [-0.05, 0) is 62.1 Å². The van der Waals surface area contributed by atoms with E-state index in [4.69, 9.17) is 4.74 Å². The second kappa shape index (κ2) is 7.56. The summed E-state index contributed by atoms with van der Waals surface area (Å²) in [6.45, 7) is 3.09. The second-order valence-electron chi connectivity index (χ2n) is 7.34. The molecule has 0 aromatic heterocycles. The lowest BCUT2D eigenvalue weighted by Crippen LogP contribution is -2.47. The van der Waals surface area contributed by atoms with E-state index >= 15 is 0 Å². The number of sulfonamides is 1. The SMILES string of the molecule is CCOc1ccc(C(=O)N2C[C@@H]3C[C@H]2C[C@@H]3NS(=O)(=O)c2ccccc2)cc1. The Morgan fingerprint density at radius 2 is 1.82 bits per heavy atom. The molecule has 1 saturated carbocycles. The number of fused-ring (bicyclic) bond motifs is 2. The largest absolute Gasteiger partial charge is 0.494 e. The highest BCUT2D eigenvalue weighted by atomic mass is 32.2. The fourth-order valence-corrected chi connectivity index (χ4v) is 5.58. The highest BCUT2D eigenvalue weighted by Gasteiger charge is 2.47. The molecule has 6 nitrogen and oxygen atoms in total. The molecule has 3 atom stereocenters. The van der Waals surface area contributed by atoms with Crippen LogP contribution in [0.4, 0.5) is 0 Å². The predicted octanol–water partition coefficient (Wildman–Crippen LogP) is 2.67. The van der Waals surface area contributed by atoms with Gasteiger partial charge >= 0.3 is 0 Å². The van der Waals surface area contributed by atoms with Crippen molar-refractivity contribution in [2.75, 3.05) is 13.2 Å². The van der Waals surface area contributed by atoms with Gasteiger partial charge in [-0.3, -0.25) is 4.79 Å². The quantitative estimate of drug-likeness (QED) is 0.809. The molecule has 2 aromatic rings. The zero-order chi connectivity index (χ0) is 19.7. The number of piperidine rings is 1. The number of amides is 1. The van der Waals surface area contributed by atoms with Crippen LogP contribution in [0.5, 0.6) is 5.75 Å². The van der Waals surface area contributed by atoms with Crippen molar-refractivity contribution in [3.8, 4) is 5.75 Å². The van der Waals surface area contributed by atoms with Crippen molar-refractivity contribution in [1.29, 1.82) is 0 Å². The molecule has 1 amide bonds. The smallest absolute Gasteiger partial charge is 0.254 e. The van der Waals surface area contributed by atoms with E-state index in [9.17, 15) is 13.2 Å². The summed E-state index contributed by atoms with van der Waals surface area (Å²) in [6, 6.07) is 15.6. The first-order valence-corrected chi connectivity index (χ1v) is 11.1. The van der Waals surface area contributed by atoms with E-state index in [0.29, 0.717) is 25.1 Å². The lowest BCUT2D eigenvalue weighted by Gasteiger charge is -2.32. The van der Waals surface area contributed by atoms with Crippen molar-refractivity contribution in [2.45, 2.75) is 36.7 Å². The molecule has 1 N–H and O–H groups in total. The summed E-state index contributed by atoms with van der Waals surface area (Å²) in [5.74, 6) is 0.896. The maximum Gasteiger partial charge on any atom is 0.254 e. The van der Waals surface area contributed by atoms with Gasteiger partial charge in [-0.2, -0.15) is 0 Å². The highest BCUT2D eigenvalue weighted by Crippen LogP contribution is 2.39. The standard InChI is InChI=1S/C21H24N2O4S/c1-2-27-18-10-8-15(9-11-18)21(24)23-14-16-12-17(23)13-20(16)22-28(25,26)19-6-4-3-5-7-19/h3-11,16-17,20,22H,2,12-14H2,1H3/t16-,17-,20-/m0/s1. The molecule has 1 aliphatic heterocycles. The van der Waals surface area contributed by atoms with Crippen LogP contribution in [-0.2, 0) is 10.0 Å². The minimum absolute atomic E-state index is 0.0000787. The molecule has 2 bridgehead atoms. The van der Waals surface area contributed by atoms with Crippen molar-refractivity contribution >= 4 is 15.9 Å². The number of likely N-dealkylation sites (tertiary alicyclic amines) is 1. The van der Waals surface area contributed by atoms with E-state index in [1.165, 1.54) is 0 Å². The summed E-state index contributed by atoms with van der Waals surface area (Å²) < 4.78 is 33.4. The molecule has 1 heterocycles. The Labute approximate surface area is 165 Å². The van der Waals surface area contributed by atoms with Crippen LogP contribution in [-0.4, -0.2) is 44.5 Å². The first-order chi connectivity index (χ1) is 13.5. The fourth-order valence-electron chi connectivity index (χ4n) is 4.24. The first-order valence-electron chi connectivity index (χ1n) is 9.59. The topological polar surface area (TPSA) is 75.7 Å². The first kappa shape index (κ1) is 19.0. The van der Waals surface area contributed by atoms with Crippen LogP contribution in [0.25, 0.3) is 0 Å². The number of benzene rings is 2. The van der Waals surface area contributed by atoms with Crippen molar-refractivity contribution in [2.24, 2.45) is 5.92 Å². The molecule has 148 valence electrons.